The molecule has 0 spiro atoms. The van der Waals surface area contributed by atoms with Crippen LogP contribution in [0.5, 0.6) is 0 Å². The van der Waals surface area contributed by atoms with Crippen molar-refractivity contribution in [2.75, 3.05) is 19.0 Å². The summed E-state index contributed by atoms with van der Waals surface area (Å²) in [7, 11) is 1.31. The predicted molar refractivity (Wildman–Crippen MR) is 120 cm³/mol. The minimum Gasteiger partial charge on any atom is -0.465 e. The van der Waals surface area contributed by atoms with Crippen LogP contribution in [0.2, 0.25) is 0 Å². The largest absolute Gasteiger partial charge is 0.465 e. The van der Waals surface area contributed by atoms with Crippen LogP contribution in [0.15, 0.2) is 30.3 Å². The van der Waals surface area contributed by atoms with Gasteiger partial charge in [-0.05, 0) is 43.7 Å². The lowest BCUT2D eigenvalue weighted by molar-refractivity contribution is -0.133. The molecule has 4 amide bonds. The Morgan fingerprint density at radius 2 is 1.88 bits per heavy atom. The fraction of sp³-hybridized carbons (Fsp3) is 0.391. The smallest absolute Gasteiger partial charge is 0.341 e. The highest BCUT2D eigenvalue weighted by molar-refractivity contribution is 7.17. The van der Waals surface area contributed by atoms with Crippen LogP contribution in [0.25, 0.3) is 0 Å². The van der Waals surface area contributed by atoms with E-state index in [4.69, 9.17) is 4.74 Å². The Bertz CT molecular complexity index is 1080. The lowest BCUT2D eigenvalue weighted by Crippen LogP contribution is -2.42. The Balaban J connectivity index is 1.54. The lowest BCUT2D eigenvalue weighted by Gasteiger charge is -2.22. The van der Waals surface area contributed by atoms with Gasteiger partial charge in [0.2, 0.25) is 5.91 Å². The Morgan fingerprint density at radius 3 is 2.59 bits per heavy atom. The van der Waals surface area contributed by atoms with Crippen LogP contribution >= 0.6 is 11.3 Å². The van der Waals surface area contributed by atoms with E-state index < -0.39 is 35.9 Å². The number of esters is 1. The molecule has 1 atom stereocenters. The van der Waals surface area contributed by atoms with Crippen molar-refractivity contribution in [2.24, 2.45) is 0 Å². The second-order valence-corrected chi connectivity index (χ2v) is 9.23. The molecule has 2 aliphatic rings. The number of nitrogens with zero attached hydrogens (tertiary/aromatic N) is 1. The average molecular weight is 456 g/mol. The number of nitrogens with one attached hydrogen (secondary N) is 2. The quantitative estimate of drug-likeness (QED) is 0.409. The first-order valence-electron chi connectivity index (χ1n) is 10.6. The number of carbonyl (C=O) groups excluding carboxylic acids is 4. The van der Waals surface area contributed by atoms with Crippen LogP contribution < -0.4 is 10.6 Å². The van der Waals surface area contributed by atoms with E-state index >= 15 is 0 Å². The number of amides is 4. The summed E-state index contributed by atoms with van der Waals surface area (Å²) < 4.78 is 4.96. The molecular weight excluding hydrogens is 430 g/mol. The van der Waals surface area contributed by atoms with Crippen LogP contribution in [-0.4, -0.2) is 42.4 Å². The van der Waals surface area contributed by atoms with Gasteiger partial charge in [0.05, 0.1) is 12.7 Å². The first kappa shape index (κ1) is 22.0. The van der Waals surface area contributed by atoms with Gasteiger partial charge in [-0.15, -0.1) is 11.3 Å². The molecule has 4 rings (SSSR count). The van der Waals surface area contributed by atoms with Gasteiger partial charge in [-0.2, -0.15) is 0 Å². The lowest BCUT2D eigenvalue weighted by atomic mass is 9.92. The van der Waals surface area contributed by atoms with E-state index in [0.29, 0.717) is 16.1 Å². The molecule has 1 saturated heterocycles. The highest BCUT2D eigenvalue weighted by Gasteiger charge is 2.49. The van der Waals surface area contributed by atoms with E-state index in [-0.39, 0.29) is 0 Å². The van der Waals surface area contributed by atoms with Crippen LogP contribution in [-0.2, 0) is 32.7 Å². The maximum absolute atomic E-state index is 13.0. The molecule has 1 aromatic heterocycles. The number of aryl methyl sites for hydroxylation is 1. The minimum absolute atomic E-state index is 0.383. The van der Waals surface area contributed by atoms with E-state index in [0.717, 1.165) is 47.4 Å². The fourth-order valence-electron chi connectivity index (χ4n) is 4.27. The number of imide groups is 1. The zero-order valence-corrected chi connectivity index (χ0v) is 18.8. The summed E-state index contributed by atoms with van der Waals surface area (Å²) in [6.45, 7) is 1.17. The molecule has 1 aliphatic heterocycles. The average Bonchev–Trinajstić information content (AvgIpc) is 3.10. The van der Waals surface area contributed by atoms with Crippen molar-refractivity contribution in [3.8, 4) is 0 Å². The molecule has 8 nitrogen and oxygen atoms in total. The molecule has 1 aliphatic carbocycles. The predicted octanol–water partition coefficient (Wildman–Crippen LogP) is 3.21. The minimum atomic E-state index is -1.24. The first-order valence-corrected chi connectivity index (χ1v) is 11.4. The number of methoxy groups -OCH3 is 1. The highest BCUT2D eigenvalue weighted by atomic mass is 32.1. The molecule has 9 heteroatoms. The van der Waals surface area contributed by atoms with Gasteiger partial charge in [0.25, 0.3) is 5.91 Å². The highest BCUT2D eigenvalue weighted by Crippen LogP contribution is 2.38. The number of carbonyl (C=O) groups is 4. The van der Waals surface area contributed by atoms with Crippen LogP contribution in [0.3, 0.4) is 0 Å². The van der Waals surface area contributed by atoms with Gasteiger partial charge < -0.3 is 15.4 Å². The maximum Gasteiger partial charge on any atom is 0.341 e. The molecule has 168 valence electrons. The summed E-state index contributed by atoms with van der Waals surface area (Å²) in [6.07, 6.45) is 4.70. The van der Waals surface area contributed by atoms with Gasteiger partial charge in [0.15, 0.2) is 0 Å². The number of fused-ring (bicyclic) bond motifs is 1. The second kappa shape index (κ2) is 8.74. The summed E-state index contributed by atoms with van der Waals surface area (Å²) in [5, 5.41) is 5.84. The molecule has 2 heterocycles. The molecule has 0 unspecified atom stereocenters. The zero-order chi connectivity index (χ0) is 22.9. The van der Waals surface area contributed by atoms with Gasteiger partial charge in [-0.1, -0.05) is 36.8 Å². The molecule has 32 heavy (non-hydrogen) atoms. The number of anilines is 1. The molecule has 2 aromatic rings. The van der Waals surface area contributed by atoms with Crippen molar-refractivity contribution in [3.05, 3.63) is 51.9 Å². The summed E-state index contributed by atoms with van der Waals surface area (Å²) in [5.41, 5.74) is 0.711. The normalized spacial score (nSPS) is 20.4. The fourth-order valence-corrected chi connectivity index (χ4v) is 5.56. The zero-order valence-electron chi connectivity index (χ0n) is 18.0. The number of ether oxygens (including phenoxy) is 1. The van der Waals surface area contributed by atoms with Crippen molar-refractivity contribution in [1.29, 1.82) is 0 Å². The SMILES string of the molecule is COC(=O)c1c(NC(=O)CN2C(=O)N[C@@](C)(c3ccccc3)C2=O)sc2c1CCCCC2. The van der Waals surface area contributed by atoms with E-state index in [2.05, 4.69) is 10.6 Å². The third-order valence-corrected chi connectivity index (χ3v) is 7.20. The van der Waals surface area contributed by atoms with E-state index in [1.165, 1.54) is 18.4 Å². The number of benzene rings is 1. The third kappa shape index (κ3) is 3.88. The van der Waals surface area contributed by atoms with E-state index in [1.807, 2.05) is 6.07 Å². The molecule has 0 saturated carbocycles. The molecule has 0 bridgehead atoms. The molecular formula is C23H25N3O5S. The first-order chi connectivity index (χ1) is 15.3. The number of hydrogen-bond donors (Lipinski definition) is 2. The standard InChI is InChI=1S/C23H25N3O5S/c1-23(14-9-5-3-6-10-14)21(29)26(22(30)25-23)13-17(27)24-19-18(20(28)31-2)15-11-7-4-8-12-16(15)32-19/h3,5-6,9-10H,4,7-8,11-13H2,1-2H3,(H,24,27)(H,25,30)/t23-/m0/s1. The molecule has 1 aromatic carbocycles. The van der Waals surface area contributed by atoms with Crippen LogP contribution in [0.1, 0.15) is 52.5 Å². The molecule has 1 fully saturated rings. The Morgan fingerprint density at radius 1 is 1.16 bits per heavy atom. The number of hydrogen-bond acceptors (Lipinski definition) is 6. The van der Waals surface area contributed by atoms with Gasteiger partial charge >= 0.3 is 12.0 Å². The van der Waals surface area contributed by atoms with Gasteiger partial charge in [-0.25, -0.2) is 9.59 Å². The Kier molecular flexibility index (Phi) is 6.01. The molecule has 2 N–H and O–H groups in total. The summed E-state index contributed by atoms with van der Waals surface area (Å²) >= 11 is 1.37. The van der Waals surface area contributed by atoms with Gasteiger partial charge in [0, 0.05) is 4.88 Å². The summed E-state index contributed by atoms with van der Waals surface area (Å²) in [4.78, 5) is 52.8. The monoisotopic (exact) mass is 455 g/mol. The van der Waals surface area contributed by atoms with E-state index in [1.54, 1.807) is 31.2 Å². The summed E-state index contributed by atoms with van der Waals surface area (Å²) in [6, 6.07) is 8.26. The number of thiophene rings is 1. The Labute approximate surface area is 189 Å². The van der Waals surface area contributed by atoms with Crippen molar-refractivity contribution < 1.29 is 23.9 Å². The number of rotatable bonds is 5. The topological polar surface area (TPSA) is 105 Å². The van der Waals surface area contributed by atoms with Crippen LogP contribution in [0, 0.1) is 0 Å². The van der Waals surface area contributed by atoms with Crippen molar-refractivity contribution in [3.63, 3.8) is 0 Å². The maximum atomic E-state index is 13.0. The number of urea groups is 1. The van der Waals surface area contributed by atoms with Gasteiger partial charge in [-0.3, -0.25) is 14.5 Å². The Hall–Kier alpha value is -3.20. The van der Waals surface area contributed by atoms with E-state index in [9.17, 15) is 19.2 Å². The van der Waals surface area contributed by atoms with Crippen LogP contribution in [0.4, 0.5) is 9.80 Å². The van der Waals surface area contributed by atoms with Gasteiger partial charge in [0.1, 0.15) is 17.1 Å². The van der Waals surface area contributed by atoms with Crippen molar-refractivity contribution >= 4 is 40.2 Å². The van der Waals surface area contributed by atoms with Crippen molar-refractivity contribution in [2.45, 2.75) is 44.6 Å². The summed E-state index contributed by atoms with van der Waals surface area (Å²) in [5.74, 6) is -1.54. The third-order valence-electron chi connectivity index (χ3n) is 5.99. The second-order valence-electron chi connectivity index (χ2n) is 8.12. The van der Waals surface area contributed by atoms with Crippen molar-refractivity contribution in [1.82, 2.24) is 10.2 Å². The molecule has 0 radical (unpaired) electrons.